The van der Waals surface area contributed by atoms with Crippen LogP contribution in [0.5, 0.6) is 0 Å². The first kappa shape index (κ1) is 18.4. The van der Waals surface area contributed by atoms with Gasteiger partial charge in [0, 0.05) is 32.2 Å². The largest absolute Gasteiger partial charge is 0.419 e. The molecule has 0 radical (unpaired) electrons. The molecule has 0 N–H and O–H groups in total. The van der Waals surface area contributed by atoms with Crippen molar-refractivity contribution in [3.05, 3.63) is 52.1 Å². The molecule has 2 aromatic rings. The van der Waals surface area contributed by atoms with E-state index in [0.717, 1.165) is 0 Å². The minimum absolute atomic E-state index is 0.0529. The van der Waals surface area contributed by atoms with E-state index in [1.54, 1.807) is 0 Å². The molecule has 2 fully saturated rings. The Kier molecular flexibility index (Phi) is 4.27. The second-order valence-corrected chi connectivity index (χ2v) is 8.72. The lowest BCUT2D eigenvalue weighted by Crippen LogP contribution is -2.25. The molecule has 2 aromatic carbocycles. The highest BCUT2D eigenvalue weighted by atomic mass is 31.2. The first-order chi connectivity index (χ1) is 12.7. The summed E-state index contributed by atoms with van der Waals surface area (Å²) in [5.74, 6) is 0. The van der Waals surface area contributed by atoms with Gasteiger partial charge >= 0.3 is 13.8 Å². The summed E-state index contributed by atoms with van der Waals surface area (Å²) in [6.45, 7) is 1.66. The van der Waals surface area contributed by atoms with E-state index >= 15 is 0 Å². The summed E-state index contributed by atoms with van der Waals surface area (Å²) in [5, 5.41) is 11.3. The van der Waals surface area contributed by atoms with Crippen molar-refractivity contribution in [3.63, 3.8) is 0 Å². The van der Waals surface area contributed by atoms with Crippen molar-refractivity contribution in [1.29, 1.82) is 0 Å². The van der Waals surface area contributed by atoms with Gasteiger partial charge in [0.1, 0.15) is 0 Å². The third kappa shape index (κ3) is 3.34. The molecule has 144 valence electrons. The Bertz CT molecular complexity index is 944. The monoisotopic (exact) mass is 401 g/mol. The Balaban J connectivity index is 1.83. The van der Waals surface area contributed by atoms with Crippen molar-refractivity contribution in [2.24, 2.45) is 0 Å². The second-order valence-electron chi connectivity index (χ2n) is 6.40. The van der Waals surface area contributed by atoms with Gasteiger partial charge in [-0.3, -0.25) is 19.2 Å². The van der Waals surface area contributed by atoms with E-state index in [4.69, 9.17) is 4.52 Å². The van der Waals surface area contributed by atoms with Crippen molar-refractivity contribution < 1.29 is 27.2 Å². The number of hydrogen-bond acceptors (Lipinski definition) is 4. The zero-order valence-corrected chi connectivity index (χ0v) is 14.8. The molecule has 0 bridgehead atoms. The van der Waals surface area contributed by atoms with Gasteiger partial charge in [-0.2, -0.15) is 13.2 Å². The van der Waals surface area contributed by atoms with E-state index < -0.39 is 24.9 Å². The van der Waals surface area contributed by atoms with Crippen LogP contribution >= 0.6 is 7.67 Å². The highest BCUT2D eigenvalue weighted by molar-refractivity contribution is 7.54. The standard InChI is InChI=1S/C16H15F3N3O4P/c17-16(18,19)15(26-27(25,20-7-8-20)21-9-10-21)13-5-1-4-12-11(13)3-2-6-14(12)22(23)24/h1-6,15H,7-10H2. The van der Waals surface area contributed by atoms with Crippen molar-refractivity contribution in [2.45, 2.75) is 12.3 Å². The van der Waals surface area contributed by atoms with Gasteiger partial charge in [-0.25, -0.2) is 9.34 Å². The van der Waals surface area contributed by atoms with E-state index in [1.807, 2.05) is 0 Å². The van der Waals surface area contributed by atoms with Crippen molar-refractivity contribution in [1.82, 2.24) is 9.34 Å². The Hall–Kier alpha value is -2.00. The van der Waals surface area contributed by atoms with E-state index in [1.165, 1.54) is 45.7 Å². The van der Waals surface area contributed by atoms with Crippen LogP contribution in [0.2, 0.25) is 0 Å². The van der Waals surface area contributed by atoms with E-state index in [-0.39, 0.29) is 22.0 Å². The molecule has 0 spiro atoms. The molecule has 0 saturated carbocycles. The van der Waals surface area contributed by atoms with Gasteiger partial charge in [0.25, 0.3) is 5.69 Å². The SMILES string of the molecule is O=[N+]([O-])c1cccc2c(C(OP(=O)(N3CC3)N3CC3)C(F)(F)F)cccc12. The Morgan fingerprint density at radius 3 is 2.11 bits per heavy atom. The van der Waals surface area contributed by atoms with E-state index in [9.17, 15) is 27.9 Å². The van der Waals surface area contributed by atoms with Crippen LogP contribution in [0, 0.1) is 10.1 Å². The third-order valence-electron chi connectivity index (χ3n) is 4.51. The van der Waals surface area contributed by atoms with Gasteiger partial charge in [-0.1, -0.05) is 24.3 Å². The van der Waals surface area contributed by atoms with Gasteiger partial charge in [0.2, 0.25) is 0 Å². The molecule has 7 nitrogen and oxygen atoms in total. The van der Waals surface area contributed by atoms with E-state index in [2.05, 4.69) is 0 Å². The van der Waals surface area contributed by atoms with Crippen molar-refractivity contribution in [2.75, 3.05) is 26.2 Å². The second kappa shape index (κ2) is 6.27. The maximum Gasteiger partial charge on any atom is 0.419 e. The number of non-ortho nitro benzene ring substituents is 1. The number of nitro groups is 1. The van der Waals surface area contributed by atoms with E-state index in [0.29, 0.717) is 26.2 Å². The molecular weight excluding hydrogens is 386 g/mol. The highest BCUT2D eigenvalue weighted by Crippen LogP contribution is 2.65. The summed E-state index contributed by atoms with van der Waals surface area (Å²) in [5.41, 5.74) is -0.581. The first-order valence-corrected chi connectivity index (χ1v) is 9.77. The number of fused-ring (bicyclic) bond motifs is 1. The fraction of sp³-hybridized carbons (Fsp3) is 0.375. The van der Waals surface area contributed by atoms with Crippen LogP contribution < -0.4 is 0 Å². The summed E-state index contributed by atoms with van der Waals surface area (Å²) in [4.78, 5) is 10.6. The molecule has 4 rings (SSSR count). The quantitative estimate of drug-likeness (QED) is 0.314. The van der Waals surface area contributed by atoms with Crippen LogP contribution in [-0.2, 0) is 9.09 Å². The number of nitrogens with zero attached hydrogens (tertiary/aromatic N) is 3. The topological polar surface area (TPSA) is 75.5 Å². The van der Waals surface area contributed by atoms with Gasteiger partial charge < -0.3 is 0 Å². The molecule has 2 aliphatic heterocycles. The Morgan fingerprint density at radius 2 is 1.59 bits per heavy atom. The van der Waals surface area contributed by atoms with Crippen molar-refractivity contribution >= 4 is 24.1 Å². The summed E-state index contributed by atoms with van der Waals surface area (Å²) >= 11 is 0. The Labute approximate surface area is 152 Å². The Morgan fingerprint density at radius 1 is 1.04 bits per heavy atom. The van der Waals surface area contributed by atoms with Gasteiger partial charge in [0.05, 0.1) is 10.3 Å². The minimum Gasteiger partial charge on any atom is -0.288 e. The molecule has 2 aliphatic rings. The average molecular weight is 401 g/mol. The van der Waals surface area contributed by atoms with Crippen LogP contribution in [0.15, 0.2) is 36.4 Å². The lowest BCUT2D eigenvalue weighted by molar-refractivity contribution is -0.383. The van der Waals surface area contributed by atoms with Crippen molar-refractivity contribution in [3.8, 4) is 0 Å². The normalized spacial score (nSPS) is 19.2. The lowest BCUT2D eigenvalue weighted by Gasteiger charge is -2.28. The molecule has 1 atom stereocenters. The summed E-state index contributed by atoms with van der Waals surface area (Å²) < 4.78 is 62.8. The minimum atomic E-state index is -4.83. The van der Waals surface area contributed by atoms with Crippen LogP contribution in [0.1, 0.15) is 11.7 Å². The maximum absolute atomic E-state index is 13.9. The van der Waals surface area contributed by atoms with Crippen LogP contribution in [0.3, 0.4) is 0 Å². The number of rotatable bonds is 6. The molecule has 0 aromatic heterocycles. The van der Waals surface area contributed by atoms with Gasteiger partial charge in [-0.05, 0) is 17.0 Å². The van der Waals surface area contributed by atoms with Gasteiger partial charge in [0.15, 0.2) is 6.10 Å². The molecule has 2 saturated heterocycles. The fourth-order valence-electron chi connectivity index (χ4n) is 3.04. The first-order valence-electron chi connectivity index (χ1n) is 8.24. The van der Waals surface area contributed by atoms with Crippen LogP contribution in [0.25, 0.3) is 10.8 Å². The van der Waals surface area contributed by atoms with Crippen LogP contribution in [-0.4, -0.2) is 46.6 Å². The molecule has 2 heterocycles. The predicted octanol–water partition coefficient (Wildman–Crippen LogP) is 4.11. The lowest BCUT2D eigenvalue weighted by atomic mass is 9.99. The van der Waals surface area contributed by atoms with Crippen LogP contribution in [0.4, 0.5) is 18.9 Å². The van der Waals surface area contributed by atoms with Gasteiger partial charge in [-0.15, -0.1) is 0 Å². The number of hydrogen-bond donors (Lipinski definition) is 0. The summed E-state index contributed by atoms with van der Waals surface area (Å²) in [7, 11) is -3.76. The summed E-state index contributed by atoms with van der Waals surface area (Å²) in [6, 6.07) is 7.84. The number of halogens is 3. The molecular formula is C16H15F3N3O4P. The predicted molar refractivity (Wildman–Crippen MR) is 91.2 cm³/mol. The highest BCUT2D eigenvalue weighted by Gasteiger charge is 2.55. The maximum atomic E-state index is 13.9. The zero-order valence-electron chi connectivity index (χ0n) is 13.9. The number of nitro benzene ring substituents is 1. The number of benzene rings is 2. The molecule has 0 amide bonds. The molecule has 27 heavy (non-hydrogen) atoms. The number of alkyl halides is 3. The molecule has 0 aliphatic carbocycles. The fourth-order valence-corrected chi connectivity index (χ4v) is 5.36. The molecule has 11 heteroatoms. The summed E-state index contributed by atoms with van der Waals surface area (Å²) in [6.07, 6.45) is -7.28. The molecule has 1 unspecified atom stereocenters. The zero-order chi connectivity index (χ0) is 19.4. The smallest absolute Gasteiger partial charge is 0.288 e. The third-order valence-corrected chi connectivity index (χ3v) is 7.23. The average Bonchev–Trinajstić information content (AvgIpc) is 3.48.